The monoisotopic (exact) mass is 172 g/mol. The molecule has 0 aliphatic rings. The molecular formula is C9H8N4. The first-order valence-corrected chi connectivity index (χ1v) is 3.47. The molecule has 0 aromatic carbocycles. The SMILES string of the molecule is C=CCC(C=N)=N/C(C#N)=C/C#N. The van der Waals surface area contributed by atoms with Crippen molar-refractivity contribution in [3.63, 3.8) is 0 Å². The number of rotatable bonds is 4. The summed E-state index contributed by atoms with van der Waals surface area (Å²) >= 11 is 0. The lowest BCUT2D eigenvalue weighted by atomic mass is 10.3. The van der Waals surface area contributed by atoms with Crippen LogP contribution in [-0.2, 0) is 0 Å². The van der Waals surface area contributed by atoms with Crippen LogP contribution in [-0.4, -0.2) is 11.9 Å². The fourth-order valence-electron chi connectivity index (χ4n) is 0.590. The van der Waals surface area contributed by atoms with Gasteiger partial charge in [0.05, 0.1) is 17.9 Å². The number of nitrogens with one attached hydrogen (secondary N) is 1. The van der Waals surface area contributed by atoms with Crippen molar-refractivity contribution in [3.8, 4) is 12.1 Å². The molecule has 0 aliphatic heterocycles. The van der Waals surface area contributed by atoms with Gasteiger partial charge in [0, 0.05) is 12.6 Å². The van der Waals surface area contributed by atoms with Crippen LogP contribution in [0.4, 0.5) is 0 Å². The van der Waals surface area contributed by atoms with Gasteiger partial charge in [-0.25, -0.2) is 4.99 Å². The molecule has 0 saturated heterocycles. The molecular weight excluding hydrogens is 164 g/mol. The van der Waals surface area contributed by atoms with Gasteiger partial charge in [-0.15, -0.1) is 6.58 Å². The lowest BCUT2D eigenvalue weighted by Crippen LogP contribution is -1.97. The molecule has 0 aliphatic carbocycles. The van der Waals surface area contributed by atoms with Crippen LogP contribution in [0.2, 0.25) is 0 Å². The van der Waals surface area contributed by atoms with Crippen LogP contribution in [0.5, 0.6) is 0 Å². The van der Waals surface area contributed by atoms with Crippen LogP contribution in [0.25, 0.3) is 0 Å². The van der Waals surface area contributed by atoms with E-state index >= 15 is 0 Å². The molecule has 64 valence electrons. The second kappa shape index (κ2) is 6.51. The largest absolute Gasteiger partial charge is 0.307 e. The third kappa shape index (κ3) is 4.28. The van der Waals surface area contributed by atoms with Gasteiger partial charge in [-0.05, 0) is 0 Å². The number of aliphatic imine (C=N–C) groups is 1. The summed E-state index contributed by atoms with van der Waals surface area (Å²) in [6, 6.07) is 3.44. The van der Waals surface area contributed by atoms with Gasteiger partial charge in [0.1, 0.15) is 6.07 Å². The van der Waals surface area contributed by atoms with Gasteiger partial charge in [-0.2, -0.15) is 10.5 Å². The molecule has 0 rings (SSSR count). The van der Waals surface area contributed by atoms with Crippen molar-refractivity contribution >= 4 is 11.9 Å². The van der Waals surface area contributed by atoms with Crippen molar-refractivity contribution in [2.24, 2.45) is 4.99 Å². The van der Waals surface area contributed by atoms with Crippen LogP contribution >= 0.6 is 0 Å². The fourth-order valence-corrected chi connectivity index (χ4v) is 0.590. The molecule has 0 bridgehead atoms. The minimum absolute atomic E-state index is 0.00264. The van der Waals surface area contributed by atoms with Gasteiger partial charge in [-0.3, -0.25) is 0 Å². The average Bonchev–Trinajstić information content (AvgIpc) is 2.16. The second-order valence-corrected chi connectivity index (χ2v) is 2.01. The van der Waals surface area contributed by atoms with Crippen LogP contribution in [0, 0.1) is 28.1 Å². The molecule has 0 aromatic heterocycles. The Balaban J connectivity index is 4.78. The van der Waals surface area contributed by atoms with Gasteiger partial charge in [-0.1, -0.05) is 6.08 Å². The maximum atomic E-state index is 8.49. The first kappa shape index (κ1) is 10.8. The zero-order valence-corrected chi connectivity index (χ0v) is 6.99. The van der Waals surface area contributed by atoms with E-state index in [1.807, 2.05) is 0 Å². The summed E-state index contributed by atoms with van der Waals surface area (Å²) in [4.78, 5) is 3.77. The van der Waals surface area contributed by atoms with Crippen molar-refractivity contribution in [1.82, 2.24) is 0 Å². The predicted molar refractivity (Wildman–Crippen MR) is 50.3 cm³/mol. The van der Waals surface area contributed by atoms with E-state index in [9.17, 15) is 0 Å². The van der Waals surface area contributed by atoms with E-state index < -0.39 is 0 Å². The fraction of sp³-hybridized carbons (Fsp3) is 0.111. The number of hydrogen-bond donors (Lipinski definition) is 1. The van der Waals surface area contributed by atoms with Gasteiger partial charge < -0.3 is 5.41 Å². The highest BCUT2D eigenvalue weighted by molar-refractivity contribution is 6.30. The zero-order chi connectivity index (χ0) is 10.1. The maximum Gasteiger partial charge on any atom is 0.151 e. The molecule has 0 spiro atoms. The quantitative estimate of drug-likeness (QED) is 0.396. The Morgan fingerprint density at radius 1 is 1.54 bits per heavy atom. The molecule has 0 radical (unpaired) electrons. The summed E-state index contributed by atoms with van der Waals surface area (Å²) < 4.78 is 0. The van der Waals surface area contributed by atoms with E-state index in [0.29, 0.717) is 12.1 Å². The smallest absolute Gasteiger partial charge is 0.151 e. The maximum absolute atomic E-state index is 8.49. The Kier molecular flexibility index (Phi) is 5.41. The third-order valence-electron chi connectivity index (χ3n) is 1.10. The Labute approximate surface area is 76.6 Å². The van der Waals surface area contributed by atoms with Gasteiger partial charge in [0.25, 0.3) is 0 Å². The van der Waals surface area contributed by atoms with Crippen LogP contribution in [0.15, 0.2) is 29.4 Å². The van der Waals surface area contributed by atoms with E-state index in [2.05, 4.69) is 11.6 Å². The van der Waals surface area contributed by atoms with E-state index in [1.165, 1.54) is 0 Å². The lowest BCUT2D eigenvalue weighted by molar-refractivity contribution is 1.34. The molecule has 0 aromatic rings. The molecule has 4 nitrogen and oxygen atoms in total. The Hall–Kier alpha value is -2.20. The summed E-state index contributed by atoms with van der Waals surface area (Å²) in [5.74, 6) is 0. The summed E-state index contributed by atoms with van der Waals surface area (Å²) in [6.45, 7) is 3.48. The van der Waals surface area contributed by atoms with Crippen molar-refractivity contribution in [2.75, 3.05) is 0 Å². The summed E-state index contributed by atoms with van der Waals surface area (Å²) in [5, 5.41) is 23.7. The van der Waals surface area contributed by atoms with Gasteiger partial charge in [0.2, 0.25) is 0 Å². The molecule has 1 N–H and O–H groups in total. The van der Waals surface area contributed by atoms with Gasteiger partial charge >= 0.3 is 0 Å². The number of hydrogen-bond acceptors (Lipinski definition) is 4. The molecule has 0 fully saturated rings. The van der Waals surface area contributed by atoms with E-state index in [4.69, 9.17) is 15.9 Å². The minimum atomic E-state index is 0.00264. The Bertz CT molecular complexity index is 336. The summed E-state index contributed by atoms with van der Waals surface area (Å²) in [7, 11) is 0. The molecule has 0 heterocycles. The molecule has 0 unspecified atom stereocenters. The van der Waals surface area contributed by atoms with Crippen molar-refractivity contribution in [3.05, 3.63) is 24.4 Å². The van der Waals surface area contributed by atoms with Crippen LogP contribution in [0.3, 0.4) is 0 Å². The molecule has 4 heteroatoms. The van der Waals surface area contributed by atoms with E-state index in [-0.39, 0.29) is 5.70 Å². The van der Waals surface area contributed by atoms with Crippen LogP contribution < -0.4 is 0 Å². The first-order chi connectivity index (χ1) is 6.28. The molecule has 0 atom stereocenters. The summed E-state index contributed by atoms with van der Waals surface area (Å²) in [6.07, 6.45) is 4.05. The molecule has 0 saturated carbocycles. The second-order valence-electron chi connectivity index (χ2n) is 2.01. The average molecular weight is 172 g/mol. The Morgan fingerprint density at radius 3 is 2.62 bits per heavy atom. The van der Waals surface area contributed by atoms with E-state index in [1.54, 1.807) is 18.2 Å². The van der Waals surface area contributed by atoms with Crippen molar-refractivity contribution < 1.29 is 0 Å². The highest BCUT2D eigenvalue weighted by atomic mass is 14.8. The lowest BCUT2D eigenvalue weighted by Gasteiger charge is -1.92. The van der Waals surface area contributed by atoms with Crippen molar-refractivity contribution in [2.45, 2.75) is 6.42 Å². The molecule has 13 heavy (non-hydrogen) atoms. The topological polar surface area (TPSA) is 83.8 Å². The number of nitrogens with zero attached hydrogens (tertiary/aromatic N) is 3. The zero-order valence-electron chi connectivity index (χ0n) is 6.99. The van der Waals surface area contributed by atoms with Gasteiger partial charge in [0.15, 0.2) is 5.70 Å². The third-order valence-corrected chi connectivity index (χ3v) is 1.10. The standard InChI is InChI=1S/C9H8N4/c1-2-3-8(6-11)13-9(7-12)4-5-10/h2,4,6,11H,1,3H2/b9-4+,11-6?,13-8?. The Morgan fingerprint density at radius 2 is 2.23 bits per heavy atom. The molecule has 0 amide bonds. The van der Waals surface area contributed by atoms with Crippen LogP contribution in [0.1, 0.15) is 6.42 Å². The van der Waals surface area contributed by atoms with Crippen molar-refractivity contribution in [1.29, 1.82) is 15.9 Å². The number of nitriles is 2. The summed E-state index contributed by atoms with van der Waals surface area (Å²) in [5.41, 5.74) is 0.404. The predicted octanol–water partition coefficient (Wildman–Crippen LogP) is 1.58. The van der Waals surface area contributed by atoms with E-state index in [0.717, 1.165) is 12.3 Å². The highest BCUT2D eigenvalue weighted by Gasteiger charge is 1.94. The highest BCUT2D eigenvalue weighted by Crippen LogP contribution is 1.96. The first-order valence-electron chi connectivity index (χ1n) is 3.47. The number of allylic oxidation sites excluding steroid dienone is 3. The normalized spacial score (nSPS) is 11.2. The minimum Gasteiger partial charge on any atom is -0.307 e.